The molecule has 0 saturated carbocycles. The van der Waals surface area contributed by atoms with E-state index in [0.29, 0.717) is 27.3 Å². The van der Waals surface area contributed by atoms with E-state index in [1.165, 1.54) is 30.5 Å². The molecule has 0 aliphatic rings. The molecule has 35 heavy (non-hydrogen) atoms. The highest BCUT2D eigenvalue weighted by Crippen LogP contribution is 2.33. The molecule has 0 radical (unpaired) electrons. The Labute approximate surface area is 211 Å². The van der Waals surface area contributed by atoms with Crippen molar-refractivity contribution in [2.75, 3.05) is 16.6 Å². The molecule has 4 aromatic rings. The number of anilines is 3. The Morgan fingerprint density at radius 3 is 2.46 bits per heavy atom. The van der Waals surface area contributed by atoms with Gasteiger partial charge in [0.15, 0.2) is 11.0 Å². The summed E-state index contributed by atoms with van der Waals surface area (Å²) in [5.41, 5.74) is 2.71. The number of aryl methyl sites for hydroxylation is 1. The van der Waals surface area contributed by atoms with Crippen molar-refractivity contribution in [3.8, 4) is 0 Å². The molecule has 2 aromatic carbocycles. The quantitative estimate of drug-likeness (QED) is 0.305. The van der Waals surface area contributed by atoms with Crippen LogP contribution in [0.5, 0.6) is 0 Å². The van der Waals surface area contributed by atoms with Crippen molar-refractivity contribution < 1.29 is 17.9 Å². The number of benzene rings is 2. The Morgan fingerprint density at radius 2 is 1.80 bits per heavy atom. The van der Waals surface area contributed by atoms with Crippen molar-refractivity contribution in [1.29, 1.82) is 0 Å². The molecule has 0 bridgehead atoms. The molecule has 0 fully saturated rings. The third-order valence-corrected chi connectivity index (χ3v) is 6.72. The first-order chi connectivity index (χ1) is 16.7. The van der Waals surface area contributed by atoms with Gasteiger partial charge in [-0.15, -0.1) is 10.2 Å². The Bertz CT molecular complexity index is 1510. The summed E-state index contributed by atoms with van der Waals surface area (Å²) < 4.78 is 32.9. The average Bonchev–Trinajstić information content (AvgIpc) is 2.81. The summed E-state index contributed by atoms with van der Waals surface area (Å²) in [6.07, 6.45) is 1.44. The van der Waals surface area contributed by atoms with Crippen LogP contribution >= 0.6 is 23.2 Å². The second kappa shape index (κ2) is 10.0. The van der Waals surface area contributed by atoms with Gasteiger partial charge in [-0.05, 0) is 67.9 Å². The zero-order valence-electron chi connectivity index (χ0n) is 18.5. The lowest BCUT2D eigenvalue weighted by Gasteiger charge is -2.16. The Kier molecular flexibility index (Phi) is 7.06. The van der Waals surface area contributed by atoms with Crippen molar-refractivity contribution >= 4 is 67.3 Å². The lowest BCUT2D eigenvalue weighted by atomic mass is 10.1. The van der Waals surface area contributed by atoms with E-state index < -0.39 is 16.0 Å². The number of hydrogen-bond acceptors (Lipinski definition) is 8. The molecule has 2 N–H and O–H groups in total. The highest BCUT2D eigenvalue weighted by molar-refractivity contribution is 7.92. The third kappa shape index (κ3) is 5.45. The van der Waals surface area contributed by atoms with Crippen molar-refractivity contribution in [3.63, 3.8) is 0 Å². The molecule has 0 aliphatic heterocycles. The van der Waals surface area contributed by atoms with Crippen LogP contribution in [0.3, 0.4) is 0 Å². The Morgan fingerprint density at radius 1 is 1.06 bits per heavy atom. The Hall–Kier alpha value is -3.47. The standard InChI is InChI=1S/C23H19Cl2N5O4S/c1-3-34-23(31)18-12-26-21-13(2)10-14(24)11-17(21)22(18)27-15-4-6-16(7-5-15)35(32,33)30-20-9-8-19(25)28-29-20/h4-12H,3H2,1-2H3,(H,26,27)(H,29,30). The summed E-state index contributed by atoms with van der Waals surface area (Å²) in [6, 6.07) is 12.3. The monoisotopic (exact) mass is 531 g/mol. The largest absolute Gasteiger partial charge is 0.462 e. The fourth-order valence-corrected chi connectivity index (χ4v) is 4.73. The summed E-state index contributed by atoms with van der Waals surface area (Å²) in [5.74, 6) is -0.513. The number of pyridine rings is 1. The van der Waals surface area contributed by atoms with Crippen LogP contribution in [0.4, 0.5) is 17.2 Å². The Balaban J connectivity index is 1.69. The number of carbonyl (C=O) groups is 1. The molecule has 0 spiro atoms. The average molecular weight is 532 g/mol. The van der Waals surface area contributed by atoms with Crippen LogP contribution in [0.2, 0.25) is 10.2 Å². The first-order valence-electron chi connectivity index (χ1n) is 10.3. The van der Waals surface area contributed by atoms with Crippen LogP contribution in [0.1, 0.15) is 22.8 Å². The molecule has 9 nitrogen and oxygen atoms in total. The lowest BCUT2D eigenvalue weighted by molar-refractivity contribution is 0.0527. The van der Waals surface area contributed by atoms with Gasteiger partial charge in [-0.3, -0.25) is 9.71 Å². The zero-order valence-corrected chi connectivity index (χ0v) is 20.9. The maximum atomic E-state index is 12.7. The van der Waals surface area contributed by atoms with Crippen LogP contribution in [0, 0.1) is 6.92 Å². The number of carbonyl (C=O) groups excluding carboxylic acids is 1. The van der Waals surface area contributed by atoms with Gasteiger partial charge in [-0.1, -0.05) is 23.2 Å². The summed E-state index contributed by atoms with van der Waals surface area (Å²) in [4.78, 5) is 17.0. The number of nitrogens with zero attached hydrogens (tertiary/aromatic N) is 3. The predicted octanol–water partition coefficient (Wildman–Crippen LogP) is 5.36. The minimum atomic E-state index is -3.92. The molecule has 2 aromatic heterocycles. The lowest BCUT2D eigenvalue weighted by Crippen LogP contribution is -2.14. The van der Waals surface area contributed by atoms with Crippen molar-refractivity contribution in [2.45, 2.75) is 18.7 Å². The van der Waals surface area contributed by atoms with E-state index in [2.05, 4.69) is 25.2 Å². The van der Waals surface area contributed by atoms with Gasteiger partial charge in [0, 0.05) is 22.3 Å². The first-order valence-corrected chi connectivity index (χ1v) is 12.6. The minimum Gasteiger partial charge on any atom is -0.462 e. The smallest absolute Gasteiger partial charge is 0.341 e. The number of aromatic nitrogens is 3. The van der Waals surface area contributed by atoms with Crippen molar-refractivity contribution in [2.24, 2.45) is 0 Å². The van der Waals surface area contributed by atoms with E-state index in [1.54, 1.807) is 31.2 Å². The van der Waals surface area contributed by atoms with Crippen LogP contribution < -0.4 is 10.0 Å². The second-order valence-corrected chi connectivity index (χ2v) is 9.89. The molecule has 0 aliphatic carbocycles. The number of ether oxygens (including phenoxy) is 1. The molecule has 180 valence electrons. The van der Waals surface area contributed by atoms with Gasteiger partial charge >= 0.3 is 5.97 Å². The number of esters is 1. The molecule has 12 heteroatoms. The molecule has 0 saturated heterocycles. The third-order valence-electron chi connectivity index (χ3n) is 4.93. The second-order valence-electron chi connectivity index (χ2n) is 7.38. The van der Waals surface area contributed by atoms with E-state index in [9.17, 15) is 13.2 Å². The van der Waals surface area contributed by atoms with E-state index in [-0.39, 0.29) is 28.0 Å². The summed E-state index contributed by atoms with van der Waals surface area (Å²) in [6.45, 7) is 3.78. The zero-order chi connectivity index (χ0) is 25.2. The van der Waals surface area contributed by atoms with Gasteiger partial charge in [-0.2, -0.15) is 0 Å². The van der Waals surface area contributed by atoms with Crippen molar-refractivity contribution in [1.82, 2.24) is 15.2 Å². The van der Waals surface area contributed by atoms with Gasteiger partial charge in [-0.25, -0.2) is 13.2 Å². The summed E-state index contributed by atoms with van der Waals surface area (Å²) in [7, 11) is -3.92. The summed E-state index contributed by atoms with van der Waals surface area (Å²) in [5, 5.41) is 11.8. The molecule has 4 rings (SSSR count). The minimum absolute atomic E-state index is 0.00360. The van der Waals surface area contributed by atoms with E-state index >= 15 is 0 Å². The number of rotatable bonds is 7. The maximum absolute atomic E-state index is 12.7. The van der Waals surface area contributed by atoms with Crippen LogP contribution in [0.15, 0.2) is 59.6 Å². The number of nitrogens with one attached hydrogen (secondary N) is 2. The SMILES string of the molecule is CCOC(=O)c1cnc2c(C)cc(Cl)cc2c1Nc1ccc(S(=O)(=O)Nc2ccc(Cl)nn2)cc1. The molecule has 2 heterocycles. The van der Waals surface area contributed by atoms with Gasteiger partial charge in [0.25, 0.3) is 10.0 Å². The molecular weight excluding hydrogens is 513 g/mol. The van der Waals surface area contributed by atoms with Crippen molar-refractivity contribution in [3.05, 3.63) is 76.0 Å². The van der Waals surface area contributed by atoms with E-state index in [1.807, 2.05) is 6.92 Å². The van der Waals surface area contributed by atoms with Gasteiger partial charge in [0.2, 0.25) is 0 Å². The first kappa shape index (κ1) is 24.6. The number of hydrogen-bond donors (Lipinski definition) is 2. The highest BCUT2D eigenvalue weighted by Gasteiger charge is 2.19. The summed E-state index contributed by atoms with van der Waals surface area (Å²) >= 11 is 12.0. The number of sulfonamides is 1. The molecule has 0 unspecified atom stereocenters. The number of halogens is 2. The molecule has 0 atom stereocenters. The van der Waals surface area contributed by atoms with Crippen LogP contribution in [-0.2, 0) is 14.8 Å². The van der Waals surface area contributed by atoms with Crippen LogP contribution in [0.25, 0.3) is 10.9 Å². The van der Waals surface area contributed by atoms with Gasteiger partial charge < -0.3 is 10.1 Å². The van der Waals surface area contributed by atoms with Gasteiger partial charge in [0.1, 0.15) is 5.56 Å². The molecule has 0 amide bonds. The van der Waals surface area contributed by atoms with E-state index in [0.717, 1.165) is 5.56 Å². The fourth-order valence-electron chi connectivity index (χ4n) is 3.36. The van der Waals surface area contributed by atoms with Gasteiger partial charge in [0.05, 0.1) is 22.7 Å². The maximum Gasteiger partial charge on any atom is 0.341 e. The fraction of sp³-hybridized carbons (Fsp3) is 0.130. The predicted molar refractivity (Wildman–Crippen MR) is 135 cm³/mol. The van der Waals surface area contributed by atoms with E-state index in [4.69, 9.17) is 27.9 Å². The normalized spacial score (nSPS) is 11.3. The number of fused-ring (bicyclic) bond motifs is 1. The topological polar surface area (TPSA) is 123 Å². The highest BCUT2D eigenvalue weighted by atomic mass is 35.5. The van der Waals surface area contributed by atoms with Crippen LogP contribution in [-0.4, -0.2) is 36.2 Å². The molecular formula is C23H19Cl2N5O4S.